The van der Waals surface area contributed by atoms with E-state index in [4.69, 9.17) is 0 Å². The van der Waals surface area contributed by atoms with Crippen molar-refractivity contribution in [2.45, 2.75) is 58.9 Å². The Morgan fingerprint density at radius 2 is 1.94 bits per heavy atom. The molecule has 1 aromatic rings. The number of rotatable bonds is 8. The van der Waals surface area contributed by atoms with Gasteiger partial charge in [0.1, 0.15) is 0 Å². The molecular weight excluding hydrogens is 220 g/mol. The molecule has 2 unspecified atom stereocenters. The molecule has 1 heterocycles. The van der Waals surface area contributed by atoms with Crippen molar-refractivity contribution in [3.05, 3.63) is 30.1 Å². The summed E-state index contributed by atoms with van der Waals surface area (Å²) in [6, 6.07) is 6.75. The lowest BCUT2D eigenvalue weighted by Crippen LogP contribution is -2.35. The summed E-state index contributed by atoms with van der Waals surface area (Å²) < 4.78 is 0. The fraction of sp³-hybridized carbons (Fsp3) is 0.688. The molecule has 0 saturated heterocycles. The second kappa shape index (κ2) is 8.25. The number of pyridine rings is 1. The molecule has 2 atom stereocenters. The van der Waals surface area contributed by atoms with Gasteiger partial charge in [-0.1, -0.05) is 33.8 Å². The summed E-state index contributed by atoms with van der Waals surface area (Å²) in [4.78, 5) is 4.49. The summed E-state index contributed by atoms with van der Waals surface area (Å²) in [6.07, 6.45) is 5.59. The highest BCUT2D eigenvalue weighted by molar-refractivity contribution is 5.11. The fourth-order valence-corrected chi connectivity index (χ4v) is 2.22. The maximum Gasteiger partial charge on any atom is 0.0447 e. The second-order valence-electron chi connectivity index (χ2n) is 5.58. The van der Waals surface area contributed by atoms with Gasteiger partial charge in [0.2, 0.25) is 0 Å². The minimum atomic E-state index is 0.483. The molecule has 0 fully saturated rings. The summed E-state index contributed by atoms with van der Waals surface area (Å²) in [5.41, 5.74) is 1.20. The predicted octanol–water partition coefficient (Wildman–Crippen LogP) is 3.99. The molecule has 0 saturated carbocycles. The van der Waals surface area contributed by atoms with E-state index < -0.39 is 0 Å². The molecule has 1 aromatic heterocycles. The van der Waals surface area contributed by atoms with Gasteiger partial charge in [0.15, 0.2) is 0 Å². The van der Waals surface area contributed by atoms with E-state index in [9.17, 15) is 0 Å². The van der Waals surface area contributed by atoms with Crippen molar-refractivity contribution in [1.29, 1.82) is 0 Å². The SMILES string of the molecule is CCCNC(CCC(C)C)C(C)c1ccccn1. The summed E-state index contributed by atoms with van der Waals surface area (Å²) in [7, 11) is 0. The van der Waals surface area contributed by atoms with Crippen LogP contribution in [0, 0.1) is 5.92 Å². The normalized spacial score (nSPS) is 14.7. The highest BCUT2D eigenvalue weighted by Crippen LogP contribution is 2.21. The van der Waals surface area contributed by atoms with E-state index in [1.54, 1.807) is 0 Å². The first-order valence-corrected chi connectivity index (χ1v) is 7.29. The zero-order valence-electron chi connectivity index (χ0n) is 12.3. The zero-order chi connectivity index (χ0) is 13.4. The molecule has 0 aliphatic heterocycles. The second-order valence-corrected chi connectivity index (χ2v) is 5.58. The van der Waals surface area contributed by atoms with Gasteiger partial charge in [0.05, 0.1) is 0 Å². The smallest absolute Gasteiger partial charge is 0.0447 e. The van der Waals surface area contributed by atoms with Gasteiger partial charge < -0.3 is 5.32 Å². The van der Waals surface area contributed by atoms with Gasteiger partial charge in [0, 0.05) is 23.9 Å². The van der Waals surface area contributed by atoms with Gasteiger partial charge in [-0.25, -0.2) is 0 Å². The van der Waals surface area contributed by atoms with Crippen molar-refractivity contribution in [3.8, 4) is 0 Å². The van der Waals surface area contributed by atoms with Gasteiger partial charge in [-0.2, -0.15) is 0 Å². The molecule has 0 amide bonds. The molecule has 0 radical (unpaired) electrons. The maximum atomic E-state index is 4.49. The summed E-state index contributed by atoms with van der Waals surface area (Å²) in [6.45, 7) is 10.2. The average Bonchev–Trinajstić information content (AvgIpc) is 2.39. The Morgan fingerprint density at radius 1 is 1.17 bits per heavy atom. The first-order valence-electron chi connectivity index (χ1n) is 7.29. The quantitative estimate of drug-likeness (QED) is 0.752. The summed E-state index contributed by atoms with van der Waals surface area (Å²) in [5.74, 6) is 1.25. The molecule has 1 N–H and O–H groups in total. The molecular formula is C16H28N2. The predicted molar refractivity (Wildman–Crippen MR) is 78.8 cm³/mol. The Kier molecular flexibility index (Phi) is 6.96. The Morgan fingerprint density at radius 3 is 2.50 bits per heavy atom. The van der Waals surface area contributed by atoms with Crippen LogP contribution in [0.5, 0.6) is 0 Å². The Hall–Kier alpha value is -0.890. The number of hydrogen-bond donors (Lipinski definition) is 1. The van der Waals surface area contributed by atoms with E-state index >= 15 is 0 Å². The van der Waals surface area contributed by atoms with Crippen molar-refractivity contribution in [1.82, 2.24) is 10.3 Å². The van der Waals surface area contributed by atoms with Crippen LogP contribution in [0.4, 0.5) is 0 Å². The van der Waals surface area contributed by atoms with E-state index in [-0.39, 0.29) is 0 Å². The highest BCUT2D eigenvalue weighted by Gasteiger charge is 2.19. The molecule has 18 heavy (non-hydrogen) atoms. The fourth-order valence-electron chi connectivity index (χ4n) is 2.22. The van der Waals surface area contributed by atoms with Crippen molar-refractivity contribution in [2.24, 2.45) is 5.92 Å². The first-order chi connectivity index (χ1) is 8.65. The van der Waals surface area contributed by atoms with Crippen LogP contribution < -0.4 is 5.32 Å². The molecule has 0 spiro atoms. The summed E-state index contributed by atoms with van der Waals surface area (Å²) >= 11 is 0. The molecule has 0 aliphatic rings. The summed E-state index contributed by atoms with van der Waals surface area (Å²) in [5, 5.41) is 3.68. The van der Waals surface area contributed by atoms with Crippen LogP contribution in [0.3, 0.4) is 0 Å². The molecule has 2 nitrogen and oxygen atoms in total. The molecule has 0 bridgehead atoms. The van der Waals surface area contributed by atoms with Crippen molar-refractivity contribution < 1.29 is 0 Å². The van der Waals surface area contributed by atoms with Crippen LogP contribution in [0.15, 0.2) is 24.4 Å². The Labute approximate surface area is 112 Å². The molecule has 102 valence electrons. The number of aromatic nitrogens is 1. The van der Waals surface area contributed by atoms with Crippen molar-refractivity contribution in [3.63, 3.8) is 0 Å². The number of hydrogen-bond acceptors (Lipinski definition) is 2. The lowest BCUT2D eigenvalue weighted by molar-refractivity contribution is 0.385. The maximum absolute atomic E-state index is 4.49. The van der Waals surface area contributed by atoms with Crippen LogP contribution in [0.2, 0.25) is 0 Å². The highest BCUT2D eigenvalue weighted by atomic mass is 14.9. The van der Waals surface area contributed by atoms with Gasteiger partial charge in [-0.05, 0) is 43.9 Å². The Balaban J connectivity index is 2.62. The van der Waals surface area contributed by atoms with Gasteiger partial charge in [-0.15, -0.1) is 0 Å². The molecule has 0 aliphatic carbocycles. The standard InChI is InChI=1S/C16H28N2/c1-5-11-17-16(10-9-13(2)3)14(4)15-8-6-7-12-18-15/h6-8,12-14,16-17H,5,9-11H2,1-4H3. The molecule has 2 heteroatoms. The minimum absolute atomic E-state index is 0.483. The lowest BCUT2D eigenvalue weighted by Gasteiger charge is -2.25. The van der Waals surface area contributed by atoms with Gasteiger partial charge >= 0.3 is 0 Å². The average molecular weight is 248 g/mol. The molecule has 0 aromatic carbocycles. The van der Waals surface area contributed by atoms with Gasteiger partial charge in [0.25, 0.3) is 0 Å². The number of nitrogens with zero attached hydrogens (tertiary/aromatic N) is 1. The zero-order valence-corrected chi connectivity index (χ0v) is 12.3. The van der Waals surface area contributed by atoms with Crippen LogP contribution in [0.1, 0.15) is 58.6 Å². The Bertz CT molecular complexity index is 308. The van der Waals surface area contributed by atoms with E-state index in [0.717, 1.165) is 12.5 Å². The van der Waals surface area contributed by atoms with Crippen LogP contribution in [-0.4, -0.2) is 17.6 Å². The third-order valence-corrected chi connectivity index (χ3v) is 3.47. The number of nitrogens with one attached hydrogen (secondary N) is 1. The third-order valence-electron chi connectivity index (χ3n) is 3.47. The van der Waals surface area contributed by atoms with Crippen molar-refractivity contribution in [2.75, 3.05) is 6.54 Å². The lowest BCUT2D eigenvalue weighted by atomic mass is 9.91. The van der Waals surface area contributed by atoms with E-state index in [0.29, 0.717) is 12.0 Å². The molecule has 1 rings (SSSR count). The monoisotopic (exact) mass is 248 g/mol. The van der Waals surface area contributed by atoms with Crippen molar-refractivity contribution >= 4 is 0 Å². The van der Waals surface area contributed by atoms with Crippen LogP contribution in [0.25, 0.3) is 0 Å². The van der Waals surface area contributed by atoms with E-state index in [1.165, 1.54) is 25.0 Å². The topological polar surface area (TPSA) is 24.9 Å². The largest absolute Gasteiger partial charge is 0.313 e. The van der Waals surface area contributed by atoms with E-state index in [1.807, 2.05) is 12.3 Å². The van der Waals surface area contributed by atoms with Crippen LogP contribution >= 0.6 is 0 Å². The van der Waals surface area contributed by atoms with E-state index in [2.05, 4.69) is 50.1 Å². The van der Waals surface area contributed by atoms with Crippen LogP contribution in [-0.2, 0) is 0 Å². The minimum Gasteiger partial charge on any atom is -0.313 e. The van der Waals surface area contributed by atoms with Gasteiger partial charge in [-0.3, -0.25) is 4.98 Å². The first kappa shape index (κ1) is 15.2. The third kappa shape index (κ3) is 5.18.